The van der Waals surface area contributed by atoms with E-state index >= 15 is 0 Å². The zero-order valence-corrected chi connectivity index (χ0v) is 7.74. The second-order valence-corrected chi connectivity index (χ2v) is 2.50. The Balaban J connectivity index is 3.67. The number of likely N-dealkylation sites (N-methyl/N-ethyl adjacent to an activating group) is 1. The average molecular weight is 190 g/mol. The van der Waals surface area contributed by atoms with Gasteiger partial charge in [0.25, 0.3) is 0 Å². The number of ether oxygens (including phenoxy) is 1. The van der Waals surface area contributed by atoms with Gasteiger partial charge >= 0.3 is 6.09 Å². The van der Waals surface area contributed by atoms with E-state index in [0.717, 1.165) is 0 Å². The highest BCUT2D eigenvalue weighted by Gasteiger charge is 2.09. The molecule has 0 atom stereocenters. The number of alkyl carbamates (subject to hydrolysis) is 1. The molecule has 0 fully saturated rings. The number of aliphatic hydroxyl groups is 1. The number of aliphatic hydroxyl groups excluding tert-OH is 1. The van der Waals surface area contributed by atoms with E-state index in [0.29, 0.717) is 6.54 Å². The third kappa shape index (κ3) is 6.06. The first-order valence-electron chi connectivity index (χ1n) is 3.77. The summed E-state index contributed by atoms with van der Waals surface area (Å²) in [6.45, 7) is 0.409. The van der Waals surface area contributed by atoms with Gasteiger partial charge in [0, 0.05) is 6.54 Å². The second kappa shape index (κ2) is 6.38. The molecule has 0 aliphatic heterocycles. The van der Waals surface area contributed by atoms with Crippen molar-refractivity contribution in [1.29, 1.82) is 0 Å². The SMILES string of the molecule is COC(=O)NC(=O)CN(C)CCO. The van der Waals surface area contributed by atoms with Crippen LogP contribution in [0.3, 0.4) is 0 Å². The van der Waals surface area contributed by atoms with Gasteiger partial charge in [-0.25, -0.2) is 4.79 Å². The number of hydrogen-bond acceptors (Lipinski definition) is 5. The van der Waals surface area contributed by atoms with Gasteiger partial charge in [0.05, 0.1) is 20.3 Å². The van der Waals surface area contributed by atoms with Gasteiger partial charge in [0.2, 0.25) is 5.91 Å². The number of methoxy groups -OCH3 is 1. The highest BCUT2D eigenvalue weighted by molar-refractivity contribution is 5.92. The van der Waals surface area contributed by atoms with Crippen molar-refractivity contribution in [2.24, 2.45) is 0 Å². The smallest absolute Gasteiger partial charge is 0.413 e. The highest BCUT2D eigenvalue weighted by atomic mass is 16.5. The maximum atomic E-state index is 11.0. The summed E-state index contributed by atoms with van der Waals surface area (Å²) in [5.74, 6) is -0.456. The lowest BCUT2D eigenvalue weighted by Gasteiger charge is -2.13. The minimum Gasteiger partial charge on any atom is -0.453 e. The summed E-state index contributed by atoms with van der Waals surface area (Å²) in [4.78, 5) is 23.1. The predicted molar refractivity (Wildman–Crippen MR) is 45.1 cm³/mol. The molecule has 0 radical (unpaired) electrons. The van der Waals surface area contributed by atoms with E-state index in [2.05, 4.69) is 4.74 Å². The van der Waals surface area contributed by atoms with E-state index in [-0.39, 0.29) is 13.2 Å². The Kier molecular flexibility index (Phi) is 5.82. The van der Waals surface area contributed by atoms with Crippen molar-refractivity contribution in [3.8, 4) is 0 Å². The van der Waals surface area contributed by atoms with E-state index in [1.807, 2.05) is 5.32 Å². The number of rotatable bonds is 4. The Hall–Kier alpha value is -1.14. The molecule has 0 bridgehead atoms. The lowest BCUT2D eigenvalue weighted by atomic mass is 10.5. The molecule has 6 nitrogen and oxygen atoms in total. The van der Waals surface area contributed by atoms with Crippen LogP contribution < -0.4 is 5.32 Å². The van der Waals surface area contributed by atoms with E-state index < -0.39 is 12.0 Å². The number of nitrogens with zero attached hydrogens (tertiary/aromatic N) is 1. The van der Waals surface area contributed by atoms with Crippen LogP contribution in [0.1, 0.15) is 0 Å². The van der Waals surface area contributed by atoms with Crippen molar-refractivity contribution in [2.45, 2.75) is 0 Å². The lowest BCUT2D eigenvalue weighted by molar-refractivity contribution is -0.121. The van der Waals surface area contributed by atoms with Gasteiger partial charge in [-0.2, -0.15) is 0 Å². The molecule has 0 aromatic rings. The Bertz CT molecular complexity index is 183. The van der Waals surface area contributed by atoms with Crippen LogP contribution in [0.15, 0.2) is 0 Å². The Morgan fingerprint density at radius 3 is 2.62 bits per heavy atom. The van der Waals surface area contributed by atoms with Gasteiger partial charge in [0.1, 0.15) is 0 Å². The summed E-state index contributed by atoms with van der Waals surface area (Å²) >= 11 is 0. The van der Waals surface area contributed by atoms with Crippen molar-refractivity contribution in [2.75, 3.05) is 33.9 Å². The summed E-state index contributed by atoms with van der Waals surface area (Å²) in [6.07, 6.45) is -0.776. The fourth-order valence-electron chi connectivity index (χ4n) is 0.699. The first kappa shape index (κ1) is 11.9. The van der Waals surface area contributed by atoms with Gasteiger partial charge in [-0.1, -0.05) is 0 Å². The second-order valence-electron chi connectivity index (χ2n) is 2.50. The maximum absolute atomic E-state index is 11.0. The van der Waals surface area contributed by atoms with Gasteiger partial charge in [-0.15, -0.1) is 0 Å². The molecule has 0 saturated heterocycles. The van der Waals surface area contributed by atoms with Crippen LogP contribution in [-0.4, -0.2) is 55.9 Å². The lowest BCUT2D eigenvalue weighted by Crippen LogP contribution is -2.39. The molecule has 0 spiro atoms. The summed E-state index contributed by atoms with van der Waals surface area (Å²) in [5.41, 5.74) is 0. The Morgan fingerprint density at radius 1 is 1.54 bits per heavy atom. The van der Waals surface area contributed by atoms with Crippen LogP contribution in [0.25, 0.3) is 0 Å². The summed E-state index contributed by atoms with van der Waals surface area (Å²) in [6, 6.07) is 0. The zero-order chi connectivity index (χ0) is 10.3. The average Bonchev–Trinajstić information content (AvgIpc) is 2.04. The van der Waals surface area contributed by atoms with Crippen LogP contribution >= 0.6 is 0 Å². The largest absolute Gasteiger partial charge is 0.453 e. The topological polar surface area (TPSA) is 78.9 Å². The molecule has 76 valence electrons. The van der Waals surface area contributed by atoms with Crippen LogP contribution in [0.2, 0.25) is 0 Å². The summed E-state index contributed by atoms with van der Waals surface area (Å²) in [5, 5.41) is 10.5. The van der Waals surface area contributed by atoms with Crippen LogP contribution in [0.5, 0.6) is 0 Å². The number of amides is 2. The van der Waals surface area contributed by atoms with E-state index in [1.54, 1.807) is 11.9 Å². The molecule has 0 heterocycles. The van der Waals surface area contributed by atoms with Crippen LogP contribution in [-0.2, 0) is 9.53 Å². The normalized spacial score (nSPS) is 9.85. The van der Waals surface area contributed by atoms with Crippen molar-refractivity contribution in [3.63, 3.8) is 0 Å². The molecular formula is C7H14N2O4. The minimum absolute atomic E-state index is 0.0258. The molecule has 2 amide bonds. The zero-order valence-electron chi connectivity index (χ0n) is 7.74. The van der Waals surface area contributed by atoms with E-state index in [9.17, 15) is 9.59 Å². The molecule has 0 rings (SSSR count). The van der Waals surface area contributed by atoms with E-state index in [4.69, 9.17) is 5.11 Å². The number of hydrogen-bond donors (Lipinski definition) is 2. The molecule has 2 N–H and O–H groups in total. The quantitative estimate of drug-likeness (QED) is 0.581. The molecule has 0 aliphatic rings. The van der Waals surface area contributed by atoms with Crippen LogP contribution in [0.4, 0.5) is 4.79 Å². The predicted octanol–water partition coefficient (Wildman–Crippen LogP) is -1.21. The van der Waals surface area contributed by atoms with Gasteiger partial charge < -0.3 is 9.84 Å². The molecule has 6 heteroatoms. The van der Waals surface area contributed by atoms with Gasteiger partial charge in [-0.05, 0) is 7.05 Å². The first-order valence-corrected chi connectivity index (χ1v) is 3.77. The van der Waals surface area contributed by atoms with Gasteiger partial charge in [0.15, 0.2) is 0 Å². The molecule has 0 aliphatic carbocycles. The number of carbonyl (C=O) groups excluding carboxylic acids is 2. The summed E-state index contributed by atoms with van der Waals surface area (Å²) < 4.78 is 4.22. The molecule has 0 saturated carbocycles. The molecule has 0 aromatic carbocycles. The molecule has 0 unspecified atom stereocenters. The number of nitrogens with one attached hydrogen (secondary N) is 1. The molecule has 0 aromatic heterocycles. The van der Waals surface area contributed by atoms with Gasteiger partial charge in [-0.3, -0.25) is 15.0 Å². The minimum atomic E-state index is -0.776. The van der Waals surface area contributed by atoms with Crippen molar-refractivity contribution >= 4 is 12.0 Å². The molecule has 13 heavy (non-hydrogen) atoms. The first-order chi connectivity index (χ1) is 6.10. The monoisotopic (exact) mass is 190 g/mol. The van der Waals surface area contributed by atoms with Crippen molar-refractivity contribution in [3.05, 3.63) is 0 Å². The highest BCUT2D eigenvalue weighted by Crippen LogP contribution is 1.81. The maximum Gasteiger partial charge on any atom is 0.413 e. The van der Waals surface area contributed by atoms with Crippen molar-refractivity contribution in [1.82, 2.24) is 10.2 Å². The fraction of sp³-hybridized carbons (Fsp3) is 0.714. The fourth-order valence-corrected chi connectivity index (χ4v) is 0.699. The third-order valence-electron chi connectivity index (χ3n) is 1.32. The Labute approximate surface area is 76.5 Å². The Morgan fingerprint density at radius 2 is 2.15 bits per heavy atom. The molecular weight excluding hydrogens is 176 g/mol. The van der Waals surface area contributed by atoms with Crippen molar-refractivity contribution < 1.29 is 19.4 Å². The van der Waals surface area contributed by atoms with Crippen LogP contribution in [0, 0.1) is 0 Å². The van der Waals surface area contributed by atoms with E-state index in [1.165, 1.54) is 7.11 Å². The third-order valence-corrected chi connectivity index (χ3v) is 1.32. The number of carbonyl (C=O) groups is 2. The number of imide groups is 1. The summed E-state index contributed by atoms with van der Waals surface area (Å²) in [7, 11) is 2.84. The standard InChI is InChI=1S/C7H14N2O4/c1-9(3-4-10)5-6(11)8-7(12)13-2/h10H,3-5H2,1-2H3,(H,8,11,12).